The lowest BCUT2D eigenvalue weighted by Crippen LogP contribution is -2.19. The van der Waals surface area contributed by atoms with Gasteiger partial charge in [0.15, 0.2) is 0 Å². The zero-order chi connectivity index (χ0) is 11.4. The van der Waals surface area contributed by atoms with Crippen molar-refractivity contribution in [1.29, 1.82) is 0 Å². The highest BCUT2D eigenvalue weighted by molar-refractivity contribution is 5.32. The first kappa shape index (κ1) is 11.4. The summed E-state index contributed by atoms with van der Waals surface area (Å²) >= 11 is 0. The summed E-state index contributed by atoms with van der Waals surface area (Å²) in [4.78, 5) is 0. The Kier molecular flexibility index (Phi) is 3.78. The minimum absolute atomic E-state index is 0.239. The predicted molar refractivity (Wildman–Crippen MR) is 62.3 cm³/mol. The van der Waals surface area contributed by atoms with Gasteiger partial charge in [0.2, 0.25) is 0 Å². The van der Waals surface area contributed by atoms with Crippen LogP contribution in [0, 0.1) is 12.7 Å². The molecule has 0 aliphatic heterocycles. The van der Waals surface area contributed by atoms with Gasteiger partial charge in [-0.15, -0.1) is 0 Å². The van der Waals surface area contributed by atoms with E-state index >= 15 is 0 Å². The zero-order valence-corrected chi connectivity index (χ0v) is 9.63. The molecule has 1 aliphatic carbocycles. The van der Waals surface area contributed by atoms with Crippen molar-refractivity contribution in [2.75, 3.05) is 13.2 Å². The Balaban J connectivity index is 1.69. The van der Waals surface area contributed by atoms with Crippen molar-refractivity contribution in [2.24, 2.45) is 0 Å². The Morgan fingerprint density at radius 2 is 2.25 bits per heavy atom. The smallest absolute Gasteiger partial charge is 0.126 e. The van der Waals surface area contributed by atoms with E-state index in [2.05, 4.69) is 5.32 Å². The van der Waals surface area contributed by atoms with Crippen LogP contribution in [0.2, 0.25) is 0 Å². The molecule has 0 spiro atoms. The molecule has 0 bridgehead atoms. The standard InChI is InChI=1S/C13H18FNO/c1-10-3-4-11(14)9-13(10)16-8-2-7-15-12-5-6-12/h3-4,9,12,15H,2,5-8H2,1H3. The van der Waals surface area contributed by atoms with Crippen LogP contribution < -0.4 is 10.1 Å². The Bertz CT molecular complexity index is 350. The van der Waals surface area contributed by atoms with Crippen LogP contribution in [-0.4, -0.2) is 19.2 Å². The van der Waals surface area contributed by atoms with Gasteiger partial charge in [0.05, 0.1) is 6.61 Å². The molecule has 0 atom stereocenters. The van der Waals surface area contributed by atoms with Crippen LogP contribution in [0.5, 0.6) is 5.75 Å². The van der Waals surface area contributed by atoms with Crippen LogP contribution in [0.4, 0.5) is 4.39 Å². The molecule has 1 aromatic carbocycles. The number of benzene rings is 1. The van der Waals surface area contributed by atoms with Crippen molar-refractivity contribution in [3.05, 3.63) is 29.6 Å². The van der Waals surface area contributed by atoms with Gasteiger partial charge in [-0.2, -0.15) is 0 Å². The van der Waals surface area contributed by atoms with Gasteiger partial charge in [0.25, 0.3) is 0 Å². The molecule has 2 nitrogen and oxygen atoms in total. The SMILES string of the molecule is Cc1ccc(F)cc1OCCCNC1CC1. The van der Waals surface area contributed by atoms with Gasteiger partial charge < -0.3 is 10.1 Å². The van der Waals surface area contributed by atoms with E-state index in [4.69, 9.17) is 4.74 Å². The number of halogens is 1. The molecule has 16 heavy (non-hydrogen) atoms. The summed E-state index contributed by atoms with van der Waals surface area (Å²) in [7, 11) is 0. The molecule has 1 N–H and O–H groups in total. The third-order valence-corrected chi connectivity index (χ3v) is 2.74. The first-order chi connectivity index (χ1) is 7.75. The van der Waals surface area contributed by atoms with Crippen molar-refractivity contribution < 1.29 is 9.13 Å². The molecular weight excluding hydrogens is 205 g/mol. The summed E-state index contributed by atoms with van der Waals surface area (Å²) in [6.07, 6.45) is 3.58. The molecule has 0 saturated heterocycles. The van der Waals surface area contributed by atoms with Crippen LogP contribution >= 0.6 is 0 Å². The third kappa shape index (κ3) is 3.49. The van der Waals surface area contributed by atoms with E-state index in [0.717, 1.165) is 24.6 Å². The number of rotatable bonds is 6. The van der Waals surface area contributed by atoms with E-state index in [1.165, 1.54) is 25.0 Å². The van der Waals surface area contributed by atoms with E-state index < -0.39 is 0 Å². The Labute approximate surface area is 95.8 Å². The molecule has 0 radical (unpaired) electrons. The molecule has 0 aromatic heterocycles. The van der Waals surface area contributed by atoms with E-state index in [1.54, 1.807) is 6.07 Å². The van der Waals surface area contributed by atoms with Gasteiger partial charge in [-0.3, -0.25) is 0 Å². The van der Waals surface area contributed by atoms with Gasteiger partial charge in [0, 0.05) is 12.1 Å². The summed E-state index contributed by atoms with van der Waals surface area (Å²) in [5.41, 5.74) is 0.983. The van der Waals surface area contributed by atoms with Crippen LogP contribution in [-0.2, 0) is 0 Å². The van der Waals surface area contributed by atoms with Gasteiger partial charge in [-0.05, 0) is 44.4 Å². The first-order valence-electron chi connectivity index (χ1n) is 5.88. The lowest BCUT2D eigenvalue weighted by Gasteiger charge is -2.09. The quantitative estimate of drug-likeness (QED) is 0.749. The first-order valence-corrected chi connectivity index (χ1v) is 5.88. The van der Waals surface area contributed by atoms with Gasteiger partial charge in [-0.1, -0.05) is 6.07 Å². The molecule has 88 valence electrons. The fraction of sp³-hybridized carbons (Fsp3) is 0.538. The predicted octanol–water partition coefficient (Wildman–Crippen LogP) is 2.66. The maximum Gasteiger partial charge on any atom is 0.126 e. The number of hydrogen-bond donors (Lipinski definition) is 1. The van der Waals surface area contributed by atoms with Crippen molar-refractivity contribution in [3.63, 3.8) is 0 Å². The van der Waals surface area contributed by atoms with Crippen molar-refractivity contribution >= 4 is 0 Å². The number of aryl methyl sites for hydroxylation is 1. The fourth-order valence-corrected chi connectivity index (χ4v) is 1.58. The molecule has 1 saturated carbocycles. The number of ether oxygens (including phenoxy) is 1. The highest BCUT2D eigenvalue weighted by Crippen LogP contribution is 2.19. The molecule has 1 aliphatic rings. The molecule has 0 heterocycles. The second kappa shape index (κ2) is 5.30. The van der Waals surface area contributed by atoms with E-state index in [1.807, 2.05) is 6.92 Å². The molecule has 1 fully saturated rings. The van der Waals surface area contributed by atoms with Crippen molar-refractivity contribution in [1.82, 2.24) is 5.32 Å². The number of hydrogen-bond acceptors (Lipinski definition) is 2. The fourth-order valence-electron chi connectivity index (χ4n) is 1.58. The topological polar surface area (TPSA) is 21.3 Å². The monoisotopic (exact) mass is 223 g/mol. The highest BCUT2D eigenvalue weighted by Gasteiger charge is 2.19. The van der Waals surface area contributed by atoms with Gasteiger partial charge in [-0.25, -0.2) is 4.39 Å². The summed E-state index contributed by atoms with van der Waals surface area (Å²) in [6.45, 7) is 3.56. The minimum Gasteiger partial charge on any atom is -0.493 e. The summed E-state index contributed by atoms with van der Waals surface area (Å²) in [6, 6.07) is 5.39. The molecule has 0 amide bonds. The van der Waals surface area contributed by atoms with E-state index in [0.29, 0.717) is 12.4 Å². The van der Waals surface area contributed by atoms with E-state index in [-0.39, 0.29) is 5.82 Å². The van der Waals surface area contributed by atoms with Crippen LogP contribution in [0.1, 0.15) is 24.8 Å². The van der Waals surface area contributed by atoms with Crippen molar-refractivity contribution in [2.45, 2.75) is 32.2 Å². The van der Waals surface area contributed by atoms with Gasteiger partial charge >= 0.3 is 0 Å². The average molecular weight is 223 g/mol. The molecule has 2 rings (SSSR count). The summed E-state index contributed by atoms with van der Waals surface area (Å²) < 4.78 is 18.5. The number of nitrogens with one attached hydrogen (secondary N) is 1. The molecule has 1 aromatic rings. The average Bonchev–Trinajstić information content (AvgIpc) is 3.06. The largest absolute Gasteiger partial charge is 0.493 e. The Morgan fingerprint density at radius 1 is 1.44 bits per heavy atom. The van der Waals surface area contributed by atoms with Crippen LogP contribution in [0.15, 0.2) is 18.2 Å². The van der Waals surface area contributed by atoms with Crippen LogP contribution in [0.3, 0.4) is 0 Å². The summed E-state index contributed by atoms with van der Waals surface area (Å²) in [5.74, 6) is 0.420. The second-order valence-corrected chi connectivity index (χ2v) is 4.34. The van der Waals surface area contributed by atoms with Crippen LogP contribution in [0.25, 0.3) is 0 Å². The summed E-state index contributed by atoms with van der Waals surface area (Å²) in [5, 5.41) is 3.41. The third-order valence-electron chi connectivity index (χ3n) is 2.74. The highest BCUT2D eigenvalue weighted by atomic mass is 19.1. The lowest BCUT2D eigenvalue weighted by molar-refractivity contribution is 0.304. The molecule has 3 heteroatoms. The Morgan fingerprint density at radius 3 is 3.00 bits per heavy atom. The molecule has 0 unspecified atom stereocenters. The maximum atomic E-state index is 12.9. The Hall–Kier alpha value is -1.09. The van der Waals surface area contributed by atoms with Crippen molar-refractivity contribution in [3.8, 4) is 5.75 Å². The van der Waals surface area contributed by atoms with Gasteiger partial charge in [0.1, 0.15) is 11.6 Å². The van der Waals surface area contributed by atoms with E-state index in [9.17, 15) is 4.39 Å². The second-order valence-electron chi connectivity index (χ2n) is 4.34. The maximum absolute atomic E-state index is 12.9. The normalized spacial score (nSPS) is 15.1. The lowest BCUT2D eigenvalue weighted by atomic mass is 10.2. The minimum atomic E-state index is -0.239. The zero-order valence-electron chi connectivity index (χ0n) is 9.63. The molecular formula is C13H18FNO.